The highest BCUT2D eigenvalue weighted by Crippen LogP contribution is 2.24. The van der Waals surface area contributed by atoms with E-state index >= 15 is 0 Å². The number of aromatic nitrogens is 1. The van der Waals surface area contributed by atoms with Gasteiger partial charge in [0.1, 0.15) is 5.76 Å². The summed E-state index contributed by atoms with van der Waals surface area (Å²) >= 11 is 0. The molecule has 0 bridgehead atoms. The molecule has 1 atom stereocenters. The Morgan fingerprint density at radius 3 is 2.75 bits per heavy atom. The summed E-state index contributed by atoms with van der Waals surface area (Å²) in [7, 11) is 0. The molecule has 1 aromatic heterocycles. The van der Waals surface area contributed by atoms with Gasteiger partial charge in [0.25, 0.3) is 0 Å². The van der Waals surface area contributed by atoms with E-state index in [1.54, 1.807) is 0 Å². The largest absolute Gasteiger partial charge is 0.445 e. The Hall–Kier alpha value is -0.830. The fourth-order valence-corrected chi connectivity index (χ4v) is 1.52. The van der Waals surface area contributed by atoms with Crippen LogP contribution in [0.25, 0.3) is 0 Å². The first-order valence-electron chi connectivity index (χ1n) is 6.30. The van der Waals surface area contributed by atoms with Crippen LogP contribution in [0.3, 0.4) is 0 Å². The van der Waals surface area contributed by atoms with E-state index in [9.17, 15) is 0 Å². The lowest BCUT2D eigenvalue weighted by molar-refractivity contribution is 0.387. The maximum atomic E-state index is 5.75. The van der Waals surface area contributed by atoms with Gasteiger partial charge in [0.2, 0.25) is 0 Å². The number of hydrogen-bond donors (Lipinski definition) is 1. The maximum absolute atomic E-state index is 5.75. The summed E-state index contributed by atoms with van der Waals surface area (Å²) in [6, 6.07) is 0. The van der Waals surface area contributed by atoms with Gasteiger partial charge in [0.15, 0.2) is 5.89 Å². The van der Waals surface area contributed by atoms with Crippen molar-refractivity contribution >= 4 is 0 Å². The number of nitrogens with one attached hydrogen (secondary N) is 1. The van der Waals surface area contributed by atoms with Gasteiger partial charge in [0.05, 0.1) is 6.20 Å². The smallest absolute Gasteiger partial charge is 0.194 e. The van der Waals surface area contributed by atoms with Crippen molar-refractivity contribution in [1.82, 2.24) is 10.3 Å². The molecular weight excluding hydrogens is 200 g/mol. The summed E-state index contributed by atoms with van der Waals surface area (Å²) < 4.78 is 5.75. The lowest BCUT2D eigenvalue weighted by Gasteiger charge is -2.11. The number of rotatable bonds is 7. The SMILES string of the molecule is CCNCCCc1ncc(C(C)C(C)C)o1. The Kier molecular flexibility index (Phi) is 5.53. The first-order chi connectivity index (χ1) is 7.65. The van der Waals surface area contributed by atoms with E-state index in [2.05, 4.69) is 38.0 Å². The summed E-state index contributed by atoms with van der Waals surface area (Å²) in [6.45, 7) is 10.8. The molecule has 0 aliphatic heterocycles. The Bertz CT molecular complexity index is 294. The van der Waals surface area contributed by atoms with E-state index in [4.69, 9.17) is 4.42 Å². The van der Waals surface area contributed by atoms with Crippen LogP contribution in [0.5, 0.6) is 0 Å². The van der Waals surface area contributed by atoms with Gasteiger partial charge in [-0.25, -0.2) is 4.98 Å². The quantitative estimate of drug-likeness (QED) is 0.724. The van der Waals surface area contributed by atoms with Crippen LogP contribution in [0.2, 0.25) is 0 Å². The Morgan fingerprint density at radius 1 is 1.38 bits per heavy atom. The van der Waals surface area contributed by atoms with E-state index in [1.807, 2.05) is 6.20 Å². The van der Waals surface area contributed by atoms with Crippen molar-refractivity contribution in [2.75, 3.05) is 13.1 Å². The minimum absolute atomic E-state index is 0.454. The minimum atomic E-state index is 0.454. The molecule has 0 fully saturated rings. The number of oxazole rings is 1. The zero-order valence-electron chi connectivity index (χ0n) is 10.9. The average molecular weight is 224 g/mol. The van der Waals surface area contributed by atoms with Crippen LogP contribution < -0.4 is 5.32 Å². The molecule has 0 aromatic carbocycles. The van der Waals surface area contributed by atoms with Crippen molar-refractivity contribution in [1.29, 1.82) is 0 Å². The van der Waals surface area contributed by atoms with Crippen molar-refractivity contribution in [3.8, 4) is 0 Å². The van der Waals surface area contributed by atoms with E-state index < -0.39 is 0 Å². The molecule has 0 aliphatic carbocycles. The van der Waals surface area contributed by atoms with Crippen LogP contribution in [0.1, 0.15) is 51.7 Å². The Balaban J connectivity index is 2.39. The normalized spacial score (nSPS) is 13.3. The highest BCUT2D eigenvalue weighted by molar-refractivity contribution is 5.01. The number of aryl methyl sites for hydroxylation is 1. The van der Waals surface area contributed by atoms with Crippen LogP contribution >= 0.6 is 0 Å². The van der Waals surface area contributed by atoms with Crippen molar-refractivity contribution in [3.63, 3.8) is 0 Å². The third-order valence-corrected chi connectivity index (χ3v) is 3.01. The third kappa shape index (κ3) is 3.97. The van der Waals surface area contributed by atoms with Crippen molar-refractivity contribution in [3.05, 3.63) is 17.8 Å². The minimum Gasteiger partial charge on any atom is -0.445 e. The van der Waals surface area contributed by atoms with Crippen LogP contribution in [0.15, 0.2) is 10.6 Å². The topological polar surface area (TPSA) is 38.1 Å². The second kappa shape index (κ2) is 6.69. The van der Waals surface area contributed by atoms with Gasteiger partial charge in [-0.3, -0.25) is 0 Å². The van der Waals surface area contributed by atoms with Crippen molar-refractivity contribution in [2.24, 2.45) is 5.92 Å². The van der Waals surface area contributed by atoms with Crippen molar-refractivity contribution < 1.29 is 4.42 Å². The molecule has 1 N–H and O–H groups in total. The Labute approximate surface area is 98.6 Å². The molecule has 0 aliphatic rings. The molecule has 16 heavy (non-hydrogen) atoms. The Morgan fingerprint density at radius 2 is 2.12 bits per heavy atom. The highest BCUT2D eigenvalue weighted by Gasteiger charge is 2.14. The standard InChI is InChI=1S/C13H24N2O/c1-5-14-8-6-7-13-15-9-12(16-13)11(4)10(2)3/h9-11,14H,5-8H2,1-4H3. The van der Waals surface area contributed by atoms with E-state index in [1.165, 1.54) is 0 Å². The predicted molar refractivity (Wildman–Crippen MR) is 66.6 cm³/mol. The summed E-state index contributed by atoms with van der Waals surface area (Å²) in [4.78, 5) is 4.32. The van der Waals surface area contributed by atoms with Crippen LogP contribution in [0, 0.1) is 5.92 Å². The molecule has 0 radical (unpaired) electrons. The predicted octanol–water partition coefficient (Wildman–Crippen LogP) is 2.98. The summed E-state index contributed by atoms with van der Waals surface area (Å²) in [6.07, 6.45) is 3.90. The van der Waals surface area contributed by atoms with Gasteiger partial charge >= 0.3 is 0 Å². The van der Waals surface area contributed by atoms with Gasteiger partial charge < -0.3 is 9.73 Å². The second-order valence-electron chi connectivity index (χ2n) is 4.65. The van der Waals surface area contributed by atoms with Crippen molar-refractivity contribution in [2.45, 2.75) is 46.5 Å². The molecule has 0 saturated carbocycles. The first-order valence-corrected chi connectivity index (χ1v) is 6.30. The lowest BCUT2D eigenvalue weighted by Crippen LogP contribution is -2.14. The third-order valence-electron chi connectivity index (χ3n) is 3.01. The molecule has 92 valence electrons. The fourth-order valence-electron chi connectivity index (χ4n) is 1.52. The zero-order valence-corrected chi connectivity index (χ0v) is 10.9. The van der Waals surface area contributed by atoms with Gasteiger partial charge in [-0.2, -0.15) is 0 Å². The molecule has 3 nitrogen and oxygen atoms in total. The van der Waals surface area contributed by atoms with Crippen LogP contribution in [-0.4, -0.2) is 18.1 Å². The second-order valence-corrected chi connectivity index (χ2v) is 4.65. The van der Waals surface area contributed by atoms with Gasteiger partial charge in [0, 0.05) is 12.3 Å². The lowest BCUT2D eigenvalue weighted by atomic mass is 9.96. The maximum Gasteiger partial charge on any atom is 0.194 e. The summed E-state index contributed by atoms with van der Waals surface area (Å²) in [5, 5.41) is 3.30. The number of nitrogens with zero attached hydrogens (tertiary/aromatic N) is 1. The summed E-state index contributed by atoms with van der Waals surface area (Å²) in [5.74, 6) is 2.95. The van der Waals surface area contributed by atoms with Crippen LogP contribution in [-0.2, 0) is 6.42 Å². The monoisotopic (exact) mass is 224 g/mol. The zero-order chi connectivity index (χ0) is 12.0. The molecule has 1 unspecified atom stereocenters. The molecule has 1 aromatic rings. The van der Waals surface area contributed by atoms with Gasteiger partial charge in [-0.15, -0.1) is 0 Å². The first kappa shape index (κ1) is 13.2. The highest BCUT2D eigenvalue weighted by atomic mass is 16.4. The van der Waals surface area contributed by atoms with E-state index in [0.29, 0.717) is 11.8 Å². The molecule has 1 heterocycles. The van der Waals surface area contributed by atoms with Gasteiger partial charge in [-0.1, -0.05) is 27.7 Å². The van der Waals surface area contributed by atoms with E-state index in [0.717, 1.165) is 37.6 Å². The molecule has 3 heteroatoms. The summed E-state index contributed by atoms with van der Waals surface area (Å²) in [5.41, 5.74) is 0. The van der Waals surface area contributed by atoms with Crippen LogP contribution in [0.4, 0.5) is 0 Å². The van der Waals surface area contributed by atoms with E-state index in [-0.39, 0.29) is 0 Å². The molecule has 0 saturated heterocycles. The molecule has 0 amide bonds. The molecular formula is C13H24N2O. The molecule has 0 spiro atoms. The average Bonchev–Trinajstić information content (AvgIpc) is 2.72. The van der Waals surface area contributed by atoms with Gasteiger partial charge in [-0.05, 0) is 25.4 Å². The molecule has 1 rings (SSSR count). The number of hydrogen-bond acceptors (Lipinski definition) is 3. The fraction of sp³-hybridized carbons (Fsp3) is 0.769.